The minimum atomic E-state index is -0.0536. The third kappa shape index (κ3) is 4.45. The first kappa shape index (κ1) is 16.8. The largest absolute Gasteiger partial charge is 0.476 e. The molecule has 1 atom stereocenters. The Balaban J connectivity index is 2.11. The second-order valence-corrected chi connectivity index (χ2v) is 5.67. The van der Waals surface area contributed by atoms with E-state index < -0.39 is 0 Å². The van der Waals surface area contributed by atoms with Crippen molar-refractivity contribution in [2.75, 3.05) is 51.4 Å². The maximum absolute atomic E-state index is 6.12. The van der Waals surface area contributed by atoms with Crippen molar-refractivity contribution in [3.05, 3.63) is 5.82 Å². The summed E-state index contributed by atoms with van der Waals surface area (Å²) in [6.07, 6.45) is 2.93. The second-order valence-electron chi connectivity index (χ2n) is 5.67. The first-order valence-electron chi connectivity index (χ1n) is 7.92. The summed E-state index contributed by atoms with van der Waals surface area (Å²) in [4.78, 5) is 11.1. The lowest BCUT2D eigenvalue weighted by molar-refractivity contribution is 0.104. The number of nitrogen functional groups attached to an aromatic ring is 1. The van der Waals surface area contributed by atoms with Gasteiger partial charge in [-0.2, -0.15) is 4.98 Å². The minimum absolute atomic E-state index is 0.0536. The Labute approximate surface area is 132 Å². The highest BCUT2D eigenvalue weighted by atomic mass is 16.5. The zero-order valence-electron chi connectivity index (χ0n) is 13.8. The van der Waals surface area contributed by atoms with Gasteiger partial charge in [0.2, 0.25) is 5.88 Å². The third-order valence-corrected chi connectivity index (χ3v) is 3.50. The molecule has 0 saturated carbocycles. The summed E-state index contributed by atoms with van der Waals surface area (Å²) in [5.41, 5.74) is 6.58. The summed E-state index contributed by atoms with van der Waals surface area (Å²) in [7, 11) is 4.11. The molecule has 0 amide bonds. The van der Waals surface area contributed by atoms with Gasteiger partial charge in [-0.1, -0.05) is 0 Å². The molecule has 0 bridgehead atoms. The number of nitrogens with zero attached hydrogens (tertiary/aromatic N) is 3. The number of nitrogens with two attached hydrogens (primary N) is 1. The lowest BCUT2D eigenvalue weighted by Gasteiger charge is -2.16. The van der Waals surface area contributed by atoms with Crippen LogP contribution in [0.15, 0.2) is 0 Å². The number of hydrogen-bond donors (Lipinski definition) is 2. The van der Waals surface area contributed by atoms with Crippen LogP contribution in [0.25, 0.3) is 0 Å². The topological polar surface area (TPSA) is 85.5 Å². The van der Waals surface area contributed by atoms with Crippen molar-refractivity contribution in [3.63, 3.8) is 0 Å². The van der Waals surface area contributed by atoms with Crippen LogP contribution in [-0.2, 0) is 4.74 Å². The zero-order valence-corrected chi connectivity index (χ0v) is 13.8. The first-order chi connectivity index (χ1) is 10.6. The van der Waals surface area contributed by atoms with E-state index in [4.69, 9.17) is 15.2 Å². The Morgan fingerprint density at radius 1 is 1.41 bits per heavy atom. The van der Waals surface area contributed by atoms with Gasteiger partial charge in [0.15, 0.2) is 11.6 Å². The average Bonchev–Trinajstić information content (AvgIpc) is 3.01. The van der Waals surface area contributed by atoms with Gasteiger partial charge < -0.3 is 25.4 Å². The zero-order chi connectivity index (χ0) is 15.9. The molecule has 0 aliphatic carbocycles. The van der Waals surface area contributed by atoms with Crippen LogP contribution in [0.5, 0.6) is 5.88 Å². The Morgan fingerprint density at radius 3 is 2.86 bits per heavy atom. The number of hydrogen-bond acceptors (Lipinski definition) is 7. The average molecular weight is 309 g/mol. The monoisotopic (exact) mass is 309 g/mol. The quantitative estimate of drug-likeness (QED) is 0.706. The molecule has 3 N–H and O–H groups in total. The van der Waals surface area contributed by atoms with Crippen molar-refractivity contribution in [3.8, 4) is 5.88 Å². The van der Waals surface area contributed by atoms with Crippen molar-refractivity contribution in [2.24, 2.45) is 0 Å². The smallest absolute Gasteiger partial charge is 0.242 e. The number of nitrogens with one attached hydrogen (secondary N) is 1. The van der Waals surface area contributed by atoms with Crippen LogP contribution in [0.1, 0.15) is 38.1 Å². The van der Waals surface area contributed by atoms with Crippen molar-refractivity contribution in [1.82, 2.24) is 14.9 Å². The summed E-state index contributed by atoms with van der Waals surface area (Å²) in [6, 6.07) is 0. The molecule has 1 aromatic rings. The van der Waals surface area contributed by atoms with Crippen molar-refractivity contribution < 1.29 is 9.47 Å². The number of anilines is 2. The van der Waals surface area contributed by atoms with Crippen molar-refractivity contribution in [1.29, 1.82) is 0 Å². The fourth-order valence-corrected chi connectivity index (χ4v) is 2.37. The van der Waals surface area contributed by atoms with E-state index in [1.54, 1.807) is 0 Å². The Bertz CT molecular complexity index is 475. The standard InChI is InChI=1S/C15H27N5O2/c1-4-21-15-12(16)14(17-8-6-9-20(2)3)18-13(19-15)11-7-5-10-22-11/h11H,4-10,16H2,1-3H3,(H,17,18,19). The van der Waals surface area contributed by atoms with Gasteiger partial charge in [0, 0.05) is 13.2 Å². The molecule has 1 aromatic heterocycles. The number of aromatic nitrogens is 2. The molecule has 7 heteroatoms. The summed E-state index contributed by atoms with van der Waals surface area (Å²) >= 11 is 0. The molecule has 0 aromatic carbocycles. The van der Waals surface area contributed by atoms with E-state index >= 15 is 0 Å². The molecule has 124 valence electrons. The van der Waals surface area contributed by atoms with E-state index in [0.717, 1.165) is 39.0 Å². The summed E-state index contributed by atoms with van der Waals surface area (Å²) in [6.45, 7) is 5.00. The highest BCUT2D eigenvalue weighted by Crippen LogP contribution is 2.32. The van der Waals surface area contributed by atoms with Crippen LogP contribution in [0.2, 0.25) is 0 Å². The molecule has 0 spiro atoms. The van der Waals surface area contributed by atoms with E-state index in [2.05, 4.69) is 34.3 Å². The first-order valence-corrected chi connectivity index (χ1v) is 7.92. The third-order valence-electron chi connectivity index (χ3n) is 3.50. The molecule has 1 aliphatic rings. The molecule has 1 unspecified atom stereocenters. The Kier molecular flexibility index (Phi) is 6.21. The summed E-state index contributed by atoms with van der Waals surface area (Å²) < 4.78 is 11.2. The van der Waals surface area contributed by atoms with Crippen molar-refractivity contribution in [2.45, 2.75) is 32.3 Å². The predicted octanol–water partition coefficient (Wildman–Crippen LogP) is 1.67. The van der Waals surface area contributed by atoms with Gasteiger partial charge >= 0.3 is 0 Å². The normalized spacial score (nSPS) is 17.9. The highest BCUT2D eigenvalue weighted by Gasteiger charge is 2.23. The molecule has 1 aliphatic heterocycles. The van der Waals surface area contributed by atoms with Crippen LogP contribution >= 0.6 is 0 Å². The SMILES string of the molecule is CCOc1nc(C2CCCO2)nc(NCCCN(C)C)c1N. The van der Waals surface area contributed by atoms with Gasteiger partial charge in [-0.3, -0.25) is 0 Å². The highest BCUT2D eigenvalue weighted by molar-refractivity contribution is 5.67. The Morgan fingerprint density at radius 2 is 2.23 bits per heavy atom. The molecule has 1 fully saturated rings. The molecular weight excluding hydrogens is 282 g/mol. The maximum atomic E-state index is 6.12. The molecule has 0 radical (unpaired) electrons. The van der Waals surface area contributed by atoms with Gasteiger partial charge in [0.05, 0.1) is 6.61 Å². The van der Waals surface area contributed by atoms with Gasteiger partial charge in [-0.25, -0.2) is 4.98 Å². The summed E-state index contributed by atoms with van der Waals surface area (Å²) in [5, 5.41) is 3.29. The molecule has 7 nitrogen and oxygen atoms in total. The van der Waals surface area contributed by atoms with Gasteiger partial charge in [-0.05, 0) is 46.8 Å². The van der Waals surface area contributed by atoms with E-state index in [1.165, 1.54) is 0 Å². The molecule has 1 saturated heterocycles. The van der Waals surface area contributed by atoms with Crippen LogP contribution in [0, 0.1) is 0 Å². The molecular formula is C15H27N5O2. The van der Waals surface area contributed by atoms with Gasteiger partial charge in [-0.15, -0.1) is 0 Å². The fraction of sp³-hybridized carbons (Fsp3) is 0.733. The van der Waals surface area contributed by atoms with Crippen LogP contribution in [0.3, 0.4) is 0 Å². The van der Waals surface area contributed by atoms with Crippen LogP contribution < -0.4 is 15.8 Å². The maximum Gasteiger partial charge on any atom is 0.242 e. The van der Waals surface area contributed by atoms with Gasteiger partial charge in [0.1, 0.15) is 11.8 Å². The van der Waals surface area contributed by atoms with Crippen LogP contribution in [0.4, 0.5) is 11.5 Å². The van der Waals surface area contributed by atoms with Gasteiger partial charge in [0.25, 0.3) is 0 Å². The van der Waals surface area contributed by atoms with E-state index in [1.807, 2.05) is 6.92 Å². The molecule has 22 heavy (non-hydrogen) atoms. The molecule has 2 heterocycles. The Hall–Kier alpha value is -1.60. The predicted molar refractivity (Wildman–Crippen MR) is 87.2 cm³/mol. The fourth-order valence-electron chi connectivity index (χ4n) is 2.37. The lowest BCUT2D eigenvalue weighted by atomic mass is 10.2. The minimum Gasteiger partial charge on any atom is -0.476 e. The summed E-state index contributed by atoms with van der Waals surface area (Å²) in [5.74, 6) is 1.74. The lowest BCUT2D eigenvalue weighted by Crippen LogP contribution is -2.18. The van der Waals surface area contributed by atoms with E-state index in [-0.39, 0.29) is 6.10 Å². The van der Waals surface area contributed by atoms with Crippen LogP contribution in [-0.4, -0.2) is 55.3 Å². The van der Waals surface area contributed by atoms with E-state index in [9.17, 15) is 0 Å². The van der Waals surface area contributed by atoms with Crippen molar-refractivity contribution >= 4 is 11.5 Å². The molecule has 2 rings (SSSR count). The second kappa shape index (κ2) is 8.14. The number of rotatable bonds is 8. The number of ether oxygens (including phenoxy) is 2. The van der Waals surface area contributed by atoms with E-state index in [0.29, 0.717) is 29.8 Å².